The van der Waals surface area contributed by atoms with E-state index in [2.05, 4.69) is 24.4 Å². The Morgan fingerprint density at radius 2 is 1.52 bits per heavy atom. The molecule has 0 saturated carbocycles. The average molecular weight is 374 g/mol. The number of benzene rings is 1. The van der Waals surface area contributed by atoms with Crippen molar-refractivity contribution in [3.05, 3.63) is 42.0 Å². The van der Waals surface area contributed by atoms with E-state index in [1.165, 1.54) is 51.4 Å². The number of allylic oxidation sites excluding steroid dienone is 2. The molecule has 1 aromatic rings. The third-order valence-corrected chi connectivity index (χ3v) is 5.04. The monoisotopic (exact) mass is 373 g/mol. The molecule has 1 atom stereocenters. The van der Waals surface area contributed by atoms with E-state index in [4.69, 9.17) is 0 Å². The molecular weight excluding hydrogens is 334 g/mol. The lowest BCUT2D eigenvalue weighted by molar-refractivity contribution is -0.138. The van der Waals surface area contributed by atoms with Crippen LogP contribution in [0.15, 0.2) is 36.4 Å². The molecule has 152 valence electrons. The first-order valence-corrected chi connectivity index (χ1v) is 10.9. The van der Waals surface area contributed by atoms with Crippen LogP contribution in [0.5, 0.6) is 0 Å². The predicted molar refractivity (Wildman–Crippen MR) is 117 cm³/mol. The summed E-state index contributed by atoms with van der Waals surface area (Å²) in [5, 5.41) is 12.6. The van der Waals surface area contributed by atoms with Crippen molar-refractivity contribution in [1.82, 2.24) is 0 Å². The Hall–Kier alpha value is -1.77. The van der Waals surface area contributed by atoms with E-state index in [1.54, 1.807) is 0 Å². The van der Waals surface area contributed by atoms with Gasteiger partial charge < -0.3 is 10.4 Å². The largest absolute Gasteiger partial charge is 0.481 e. The molecule has 27 heavy (non-hydrogen) atoms. The number of aliphatic carboxylic acids is 1. The van der Waals surface area contributed by atoms with Crippen molar-refractivity contribution in [3.63, 3.8) is 0 Å². The Balaban J connectivity index is 2.07. The second-order valence-corrected chi connectivity index (χ2v) is 7.37. The van der Waals surface area contributed by atoms with Gasteiger partial charge in [-0.05, 0) is 49.8 Å². The molecule has 0 fully saturated rings. The molecule has 0 saturated heterocycles. The fourth-order valence-electron chi connectivity index (χ4n) is 3.29. The smallest absolute Gasteiger partial charge is 0.310 e. The first-order valence-electron chi connectivity index (χ1n) is 10.9. The molecule has 0 radical (unpaired) electrons. The van der Waals surface area contributed by atoms with Crippen LogP contribution in [0.25, 0.3) is 0 Å². The van der Waals surface area contributed by atoms with Crippen molar-refractivity contribution >= 4 is 11.7 Å². The first kappa shape index (κ1) is 23.3. The average Bonchev–Trinajstić information content (AvgIpc) is 2.67. The van der Waals surface area contributed by atoms with Gasteiger partial charge in [-0.2, -0.15) is 0 Å². The van der Waals surface area contributed by atoms with Crippen LogP contribution < -0.4 is 5.32 Å². The van der Waals surface area contributed by atoms with Crippen molar-refractivity contribution in [1.29, 1.82) is 0 Å². The quantitative estimate of drug-likeness (QED) is 0.239. The summed E-state index contributed by atoms with van der Waals surface area (Å²) >= 11 is 0. The topological polar surface area (TPSA) is 49.3 Å². The Morgan fingerprint density at radius 3 is 2.11 bits per heavy atom. The molecule has 0 spiro atoms. The van der Waals surface area contributed by atoms with E-state index in [0.717, 1.165) is 30.6 Å². The van der Waals surface area contributed by atoms with Crippen molar-refractivity contribution in [2.45, 2.75) is 90.4 Å². The van der Waals surface area contributed by atoms with Gasteiger partial charge >= 0.3 is 5.97 Å². The molecule has 0 heterocycles. The highest BCUT2D eigenvalue weighted by Gasteiger charge is 2.16. The van der Waals surface area contributed by atoms with Gasteiger partial charge in [0.25, 0.3) is 0 Å². The van der Waals surface area contributed by atoms with Crippen LogP contribution in [0, 0.1) is 0 Å². The minimum atomic E-state index is -0.749. The summed E-state index contributed by atoms with van der Waals surface area (Å²) in [6.07, 6.45) is 18.3. The van der Waals surface area contributed by atoms with Gasteiger partial charge in [-0.15, -0.1) is 0 Å². The number of unbranched alkanes of at least 4 members (excludes halogenated alkanes) is 8. The zero-order valence-corrected chi connectivity index (χ0v) is 17.4. The molecule has 0 aliphatic rings. The van der Waals surface area contributed by atoms with Crippen molar-refractivity contribution < 1.29 is 9.90 Å². The lowest BCUT2D eigenvalue weighted by atomic mass is 9.96. The van der Waals surface area contributed by atoms with Crippen LogP contribution >= 0.6 is 0 Å². The first-order chi connectivity index (χ1) is 13.2. The van der Waals surface area contributed by atoms with Crippen molar-refractivity contribution in [3.8, 4) is 0 Å². The lowest BCUT2D eigenvalue weighted by Gasteiger charge is -2.11. The summed E-state index contributed by atoms with van der Waals surface area (Å²) in [7, 11) is 0. The second kappa shape index (κ2) is 15.3. The zero-order valence-electron chi connectivity index (χ0n) is 17.4. The van der Waals surface area contributed by atoms with Gasteiger partial charge in [0.05, 0.1) is 5.92 Å². The third-order valence-electron chi connectivity index (χ3n) is 5.04. The highest BCUT2D eigenvalue weighted by Crippen LogP contribution is 2.21. The fourth-order valence-corrected chi connectivity index (χ4v) is 3.29. The van der Waals surface area contributed by atoms with Crippen molar-refractivity contribution in [2.75, 3.05) is 11.9 Å². The molecule has 2 N–H and O–H groups in total. The number of rotatable bonds is 16. The highest BCUT2D eigenvalue weighted by atomic mass is 16.4. The standard InChI is InChI=1S/C24H39NO2/c1-3-5-6-7-8-9-10-11-12-13-14-15-20-25-22-18-16-21(17-19-22)23(4-2)24(26)27/h12-13,16-19,23,25H,3-11,14-15,20H2,1-2H3,(H,26,27). The maximum absolute atomic E-state index is 11.2. The molecule has 0 aliphatic carbocycles. The molecule has 0 aliphatic heterocycles. The van der Waals surface area contributed by atoms with Gasteiger partial charge in [0.15, 0.2) is 0 Å². The van der Waals surface area contributed by atoms with Crippen LogP contribution in [-0.2, 0) is 4.79 Å². The number of anilines is 1. The molecule has 1 rings (SSSR count). The highest BCUT2D eigenvalue weighted by molar-refractivity contribution is 5.76. The van der Waals surface area contributed by atoms with Gasteiger partial charge in [0.2, 0.25) is 0 Å². The molecule has 0 bridgehead atoms. The molecular formula is C24H39NO2. The van der Waals surface area contributed by atoms with Gasteiger partial charge in [0, 0.05) is 12.2 Å². The van der Waals surface area contributed by atoms with Crippen LogP contribution in [0.3, 0.4) is 0 Å². The maximum atomic E-state index is 11.2. The molecule has 1 aromatic carbocycles. The SMILES string of the molecule is CCCCCCCCCC=CCCCNc1ccc(C(CC)C(=O)O)cc1. The second-order valence-electron chi connectivity index (χ2n) is 7.37. The number of hydrogen-bond acceptors (Lipinski definition) is 2. The van der Waals surface area contributed by atoms with Crippen molar-refractivity contribution in [2.24, 2.45) is 0 Å². The van der Waals surface area contributed by atoms with Crippen LogP contribution in [0.1, 0.15) is 96.0 Å². The number of hydrogen-bond donors (Lipinski definition) is 2. The zero-order chi connectivity index (χ0) is 19.7. The molecule has 0 aromatic heterocycles. The minimum Gasteiger partial charge on any atom is -0.481 e. The number of carboxylic acid groups (broad SMARTS) is 1. The predicted octanol–water partition coefficient (Wildman–Crippen LogP) is 7.15. The fraction of sp³-hybridized carbons (Fsp3) is 0.625. The van der Waals surface area contributed by atoms with E-state index in [0.29, 0.717) is 6.42 Å². The summed E-state index contributed by atoms with van der Waals surface area (Å²) in [6.45, 7) is 5.11. The summed E-state index contributed by atoms with van der Waals surface area (Å²) in [4.78, 5) is 11.2. The Morgan fingerprint density at radius 1 is 0.926 bits per heavy atom. The van der Waals surface area contributed by atoms with Gasteiger partial charge in [-0.3, -0.25) is 4.79 Å². The third kappa shape index (κ3) is 10.8. The van der Waals surface area contributed by atoms with E-state index >= 15 is 0 Å². The summed E-state index contributed by atoms with van der Waals surface area (Å²) < 4.78 is 0. The number of carboxylic acids is 1. The number of carbonyl (C=O) groups is 1. The molecule has 0 amide bonds. The van der Waals surface area contributed by atoms with Gasteiger partial charge in [-0.25, -0.2) is 0 Å². The van der Waals surface area contributed by atoms with E-state index < -0.39 is 11.9 Å². The van der Waals surface area contributed by atoms with Crippen LogP contribution in [0.4, 0.5) is 5.69 Å². The number of nitrogens with one attached hydrogen (secondary N) is 1. The molecule has 3 heteroatoms. The van der Waals surface area contributed by atoms with E-state index in [1.807, 2.05) is 31.2 Å². The normalized spacial score (nSPS) is 12.4. The van der Waals surface area contributed by atoms with E-state index in [9.17, 15) is 9.90 Å². The van der Waals surface area contributed by atoms with Crippen LogP contribution in [-0.4, -0.2) is 17.6 Å². The Kier molecular flexibility index (Phi) is 13.2. The van der Waals surface area contributed by atoms with E-state index in [-0.39, 0.29) is 0 Å². The maximum Gasteiger partial charge on any atom is 0.310 e. The summed E-state index contributed by atoms with van der Waals surface area (Å²) in [6, 6.07) is 7.81. The van der Waals surface area contributed by atoms with Crippen LogP contribution in [0.2, 0.25) is 0 Å². The molecule has 3 nitrogen and oxygen atoms in total. The van der Waals surface area contributed by atoms with Gasteiger partial charge in [-0.1, -0.05) is 76.7 Å². The Bertz CT molecular complexity index is 522. The summed E-state index contributed by atoms with van der Waals surface area (Å²) in [5.41, 5.74) is 1.94. The van der Waals surface area contributed by atoms with Gasteiger partial charge in [0.1, 0.15) is 0 Å². The summed E-state index contributed by atoms with van der Waals surface area (Å²) in [5.74, 6) is -1.15. The Labute approximate surface area is 166 Å². The lowest BCUT2D eigenvalue weighted by Crippen LogP contribution is -2.10. The minimum absolute atomic E-state index is 0.402. The molecule has 1 unspecified atom stereocenters.